The summed E-state index contributed by atoms with van der Waals surface area (Å²) in [6.45, 7) is 4.41. The minimum atomic E-state index is -0.0116. The second-order valence-corrected chi connectivity index (χ2v) is 5.12. The summed E-state index contributed by atoms with van der Waals surface area (Å²) in [6, 6.07) is 1.78. The molecule has 4 N–H and O–H groups in total. The van der Waals surface area contributed by atoms with Crippen molar-refractivity contribution in [1.29, 1.82) is 0 Å². The molecule has 1 aromatic heterocycles. The van der Waals surface area contributed by atoms with Crippen molar-refractivity contribution in [3.63, 3.8) is 0 Å². The van der Waals surface area contributed by atoms with Crippen molar-refractivity contribution in [2.24, 2.45) is 11.7 Å². The summed E-state index contributed by atoms with van der Waals surface area (Å²) in [5, 5.41) is 0. The number of aromatic nitrogens is 1. The highest BCUT2D eigenvalue weighted by Gasteiger charge is 2.09. The second kappa shape index (κ2) is 5.98. The van der Waals surface area contributed by atoms with Crippen LogP contribution in [0.3, 0.4) is 0 Å². The van der Waals surface area contributed by atoms with Gasteiger partial charge in [-0.15, -0.1) is 0 Å². The van der Waals surface area contributed by atoms with Crippen LogP contribution >= 0.6 is 11.8 Å². The van der Waals surface area contributed by atoms with Crippen LogP contribution in [0.1, 0.15) is 25.5 Å². The van der Waals surface area contributed by atoms with E-state index in [0.29, 0.717) is 5.92 Å². The summed E-state index contributed by atoms with van der Waals surface area (Å²) in [5.74, 6) is 2.73. The molecule has 0 bridgehead atoms. The molecular formula is C11H19N3S. The van der Waals surface area contributed by atoms with Crippen molar-refractivity contribution < 1.29 is 0 Å². The van der Waals surface area contributed by atoms with Gasteiger partial charge in [-0.1, -0.05) is 13.8 Å². The van der Waals surface area contributed by atoms with Crippen LogP contribution in [0.2, 0.25) is 0 Å². The first-order valence-electron chi connectivity index (χ1n) is 5.14. The van der Waals surface area contributed by atoms with Crippen molar-refractivity contribution in [1.82, 2.24) is 4.98 Å². The van der Waals surface area contributed by atoms with E-state index in [1.54, 1.807) is 18.5 Å². The third-order valence-corrected chi connectivity index (χ3v) is 3.53. The first-order chi connectivity index (χ1) is 7.11. The minimum Gasteiger partial charge on any atom is -0.398 e. The van der Waals surface area contributed by atoms with Gasteiger partial charge in [-0.2, -0.15) is 11.8 Å². The van der Waals surface area contributed by atoms with E-state index in [-0.39, 0.29) is 6.04 Å². The van der Waals surface area contributed by atoms with Gasteiger partial charge < -0.3 is 11.5 Å². The monoisotopic (exact) mass is 225 g/mol. The molecule has 4 heteroatoms. The van der Waals surface area contributed by atoms with Gasteiger partial charge >= 0.3 is 0 Å². The molecule has 1 heterocycles. The predicted octanol–water partition coefficient (Wildman–Crippen LogP) is 2.05. The Balaban J connectivity index is 2.47. The lowest BCUT2D eigenvalue weighted by Crippen LogP contribution is -2.15. The molecule has 0 aliphatic rings. The zero-order valence-corrected chi connectivity index (χ0v) is 10.1. The summed E-state index contributed by atoms with van der Waals surface area (Å²) < 4.78 is 0. The topological polar surface area (TPSA) is 64.9 Å². The molecule has 0 fully saturated rings. The molecule has 0 radical (unpaired) electrons. The SMILES string of the molecule is CC(C)CSCC(N)c1cnccc1N. The van der Waals surface area contributed by atoms with Crippen LogP contribution in [-0.2, 0) is 0 Å². The van der Waals surface area contributed by atoms with E-state index in [4.69, 9.17) is 11.5 Å². The molecular weight excluding hydrogens is 206 g/mol. The number of nitrogens with two attached hydrogens (primary N) is 2. The molecule has 0 saturated carbocycles. The van der Waals surface area contributed by atoms with E-state index in [2.05, 4.69) is 18.8 Å². The maximum absolute atomic E-state index is 6.04. The van der Waals surface area contributed by atoms with Crippen molar-refractivity contribution >= 4 is 17.4 Å². The van der Waals surface area contributed by atoms with Gasteiger partial charge in [0.15, 0.2) is 0 Å². The van der Waals surface area contributed by atoms with E-state index in [1.807, 2.05) is 11.8 Å². The van der Waals surface area contributed by atoms with Gasteiger partial charge in [0.25, 0.3) is 0 Å². The highest BCUT2D eigenvalue weighted by atomic mass is 32.2. The van der Waals surface area contributed by atoms with Gasteiger partial charge in [-0.25, -0.2) is 0 Å². The number of pyridine rings is 1. The molecule has 3 nitrogen and oxygen atoms in total. The fraction of sp³-hybridized carbons (Fsp3) is 0.545. The second-order valence-electron chi connectivity index (χ2n) is 4.04. The van der Waals surface area contributed by atoms with Gasteiger partial charge in [0.1, 0.15) is 0 Å². The number of nitrogen functional groups attached to an aromatic ring is 1. The van der Waals surface area contributed by atoms with Crippen LogP contribution in [0.25, 0.3) is 0 Å². The summed E-state index contributed by atoms with van der Waals surface area (Å²) in [7, 11) is 0. The van der Waals surface area contributed by atoms with Crippen molar-refractivity contribution in [3.8, 4) is 0 Å². The molecule has 1 rings (SSSR count). The Labute approximate surface area is 95.6 Å². The number of thioether (sulfide) groups is 1. The quantitative estimate of drug-likeness (QED) is 0.805. The van der Waals surface area contributed by atoms with Crippen LogP contribution in [0.15, 0.2) is 18.5 Å². The molecule has 0 aliphatic heterocycles. The van der Waals surface area contributed by atoms with E-state index >= 15 is 0 Å². The Kier molecular flexibility index (Phi) is 4.91. The molecule has 0 spiro atoms. The van der Waals surface area contributed by atoms with Gasteiger partial charge in [0, 0.05) is 35.4 Å². The Morgan fingerprint density at radius 1 is 1.40 bits per heavy atom. The van der Waals surface area contributed by atoms with Gasteiger partial charge in [0.2, 0.25) is 0 Å². The predicted molar refractivity (Wildman–Crippen MR) is 67.7 cm³/mol. The highest BCUT2D eigenvalue weighted by molar-refractivity contribution is 7.99. The minimum absolute atomic E-state index is 0.0116. The average molecular weight is 225 g/mol. The van der Waals surface area contributed by atoms with Crippen molar-refractivity contribution in [3.05, 3.63) is 24.0 Å². The Hall–Kier alpha value is -0.740. The van der Waals surface area contributed by atoms with Crippen molar-refractivity contribution in [2.75, 3.05) is 17.2 Å². The van der Waals surface area contributed by atoms with Crippen LogP contribution in [0, 0.1) is 5.92 Å². The first kappa shape index (κ1) is 12.3. The normalized spacial score (nSPS) is 13.1. The largest absolute Gasteiger partial charge is 0.398 e. The van der Waals surface area contributed by atoms with E-state index in [0.717, 1.165) is 22.8 Å². The number of anilines is 1. The van der Waals surface area contributed by atoms with Crippen molar-refractivity contribution in [2.45, 2.75) is 19.9 Å². The molecule has 15 heavy (non-hydrogen) atoms. The lowest BCUT2D eigenvalue weighted by atomic mass is 10.1. The number of hydrogen-bond acceptors (Lipinski definition) is 4. The molecule has 0 aliphatic carbocycles. The van der Waals surface area contributed by atoms with Crippen LogP contribution < -0.4 is 11.5 Å². The summed E-state index contributed by atoms with van der Waals surface area (Å²) >= 11 is 1.86. The van der Waals surface area contributed by atoms with E-state index in [9.17, 15) is 0 Å². The molecule has 0 aromatic carbocycles. The maximum Gasteiger partial charge on any atom is 0.0422 e. The molecule has 1 atom stereocenters. The van der Waals surface area contributed by atoms with Gasteiger partial charge in [-0.3, -0.25) is 4.98 Å². The third-order valence-electron chi connectivity index (χ3n) is 2.04. The molecule has 0 saturated heterocycles. The fourth-order valence-electron chi connectivity index (χ4n) is 1.25. The van der Waals surface area contributed by atoms with Crippen LogP contribution in [0.4, 0.5) is 5.69 Å². The number of rotatable bonds is 5. The molecule has 84 valence electrons. The third kappa shape index (κ3) is 4.10. The zero-order valence-electron chi connectivity index (χ0n) is 9.31. The summed E-state index contributed by atoms with van der Waals surface area (Å²) in [6.07, 6.45) is 3.45. The summed E-state index contributed by atoms with van der Waals surface area (Å²) in [5.41, 5.74) is 13.6. The van der Waals surface area contributed by atoms with Gasteiger partial charge in [-0.05, 0) is 17.7 Å². The molecule has 1 aromatic rings. The number of hydrogen-bond donors (Lipinski definition) is 2. The zero-order chi connectivity index (χ0) is 11.3. The summed E-state index contributed by atoms with van der Waals surface area (Å²) in [4.78, 5) is 4.04. The van der Waals surface area contributed by atoms with E-state index < -0.39 is 0 Å². The maximum atomic E-state index is 6.04. The molecule has 0 amide bonds. The Morgan fingerprint density at radius 2 is 2.13 bits per heavy atom. The Bertz CT molecular complexity index is 302. The van der Waals surface area contributed by atoms with Crippen LogP contribution in [0.5, 0.6) is 0 Å². The fourth-order valence-corrected chi connectivity index (χ4v) is 2.29. The smallest absolute Gasteiger partial charge is 0.0422 e. The lowest BCUT2D eigenvalue weighted by Gasteiger charge is -2.14. The van der Waals surface area contributed by atoms with E-state index in [1.165, 1.54) is 0 Å². The number of nitrogens with zero attached hydrogens (tertiary/aromatic N) is 1. The van der Waals surface area contributed by atoms with Gasteiger partial charge in [0.05, 0.1) is 0 Å². The average Bonchev–Trinajstić information content (AvgIpc) is 2.17. The first-order valence-corrected chi connectivity index (χ1v) is 6.29. The van der Waals surface area contributed by atoms with Crippen LogP contribution in [-0.4, -0.2) is 16.5 Å². The Morgan fingerprint density at radius 3 is 2.73 bits per heavy atom. The standard InChI is InChI=1S/C11H19N3S/c1-8(2)6-15-7-11(13)9-5-14-4-3-10(9)12/h3-5,8,11H,6-7,13H2,1-2H3,(H2,12,14). The highest BCUT2D eigenvalue weighted by Crippen LogP contribution is 2.21. The lowest BCUT2D eigenvalue weighted by molar-refractivity contribution is 0.746. The molecule has 1 unspecified atom stereocenters.